The van der Waals surface area contributed by atoms with Crippen molar-refractivity contribution in [2.75, 3.05) is 0 Å². The number of halogens is 1. The lowest BCUT2D eigenvalue weighted by Crippen LogP contribution is -2.41. The first kappa shape index (κ1) is 15.3. The van der Waals surface area contributed by atoms with Crippen LogP contribution in [0.2, 0.25) is 0 Å². The molecule has 0 saturated carbocycles. The normalized spacial score (nSPS) is 20.5. The van der Waals surface area contributed by atoms with Crippen LogP contribution in [0.5, 0.6) is 5.75 Å². The maximum absolute atomic E-state index is 14.0. The van der Waals surface area contributed by atoms with Gasteiger partial charge in [0, 0.05) is 5.46 Å². The molecule has 0 spiro atoms. The maximum Gasteiger partial charge on any atom is 0.497 e. The number of hydrogen-bond acceptors (Lipinski definition) is 3. The molecule has 0 radical (unpaired) electrons. The van der Waals surface area contributed by atoms with Crippen molar-refractivity contribution in [1.82, 2.24) is 0 Å². The molecule has 1 aromatic rings. The summed E-state index contributed by atoms with van der Waals surface area (Å²) in [5.41, 5.74) is -0.598. The zero-order valence-corrected chi connectivity index (χ0v) is 13.0. The Morgan fingerprint density at radius 1 is 1.10 bits per heavy atom. The van der Waals surface area contributed by atoms with Crippen molar-refractivity contribution < 1.29 is 18.4 Å². The lowest BCUT2D eigenvalue weighted by Gasteiger charge is -2.32. The Morgan fingerprint density at radius 2 is 1.65 bits per heavy atom. The molecule has 0 amide bonds. The molecule has 3 nitrogen and oxygen atoms in total. The number of rotatable bonds is 3. The van der Waals surface area contributed by atoms with E-state index in [-0.39, 0.29) is 11.9 Å². The molecular weight excluding hydrogens is 258 g/mol. The molecule has 0 aromatic heterocycles. The fourth-order valence-corrected chi connectivity index (χ4v) is 2.02. The Hall–Kier alpha value is -1.07. The Labute approximate surface area is 120 Å². The average Bonchev–Trinajstić information content (AvgIpc) is 2.50. The fourth-order valence-electron chi connectivity index (χ4n) is 2.02. The monoisotopic (exact) mass is 280 g/mol. The first-order chi connectivity index (χ1) is 9.12. The van der Waals surface area contributed by atoms with Crippen LogP contribution in [-0.2, 0) is 9.31 Å². The van der Waals surface area contributed by atoms with Gasteiger partial charge in [0.05, 0.1) is 17.3 Å². The lowest BCUT2D eigenvalue weighted by atomic mass is 9.78. The maximum atomic E-state index is 14.0. The second kappa shape index (κ2) is 5.04. The summed E-state index contributed by atoms with van der Waals surface area (Å²) < 4.78 is 31.4. The molecule has 1 aromatic carbocycles. The number of hydrogen-bond donors (Lipinski definition) is 0. The van der Waals surface area contributed by atoms with E-state index >= 15 is 0 Å². The van der Waals surface area contributed by atoms with Gasteiger partial charge in [0.2, 0.25) is 0 Å². The molecule has 1 fully saturated rings. The van der Waals surface area contributed by atoms with E-state index in [1.165, 1.54) is 6.07 Å². The standard InChI is InChI=1S/C15H22BFO3/c1-10(2)18-11-7-8-13(17)12(9-11)16-19-14(3,4)15(5,6)20-16/h7-10H,1-6H3. The third-order valence-electron chi connectivity index (χ3n) is 3.85. The summed E-state index contributed by atoms with van der Waals surface area (Å²) in [7, 11) is -0.712. The van der Waals surface area contributed by atoms with Gasteiger partial charge in [0.25, 0.3) is 0 Å². The average molecular weight is 280 g/mol. The van der Waals surface area contributed by atoms with E-state index in [4.69, 9.17) is 14.0 Å². The van der Waals surface area contributed by atoms with Crippen LogP contribution < -0.4 is 10.2 Å². The van der Waals surface area contributed by atoms with Gasteiger partial charge in [-0.1, -0.05) is 0 Å². The van der Waals surface area contributed by atoms with Gasteiger partial charge in [-0.25, -0.2) is 4.39 Å². The van der Waals surface area contributed by atoms with Gasteiger partial charge in [0.1, 0.15) is 11.6 Å². The van der Waals surface area contributed by atoms with Crippen molar-refractivity contribution in [3.05, 3.63) is 24.0 Å². The molecule has 0 bridgehead atoms. The summed E-state index contributed by atoms with van der Waals surface area (Å²) >= 11 is 0. The summed E-state index contributed by atoms with van der Waals surface area (Å²) in [6, 6.07) is 4.65. The van der Waals surface area contributed by atoms with E-state index in [1.54, 1.807) is 12.1 Å². The van der Waals surface area contributed by atoms with Crippen LogP contribution >= 0.6 is 0 Å². The zero-order chi connectivity index (χ0) is 15.1. The fraction of sp³-hybridized carbons (Fsp3) is 0.600. The molecule has 0 atom stereocenters. The number of ether oxygens (including phenoxy) is 1. The summed E-state index contributed by atoms with van der Waals surface area (Å²) in [6.45, 7) is 11.6. The highest BCUT2D eigenvalue weighted by Crippen LogP contribution is 2.36. The van der Waals surface area contributed by atoms with Crippen LogP contribution in [0.3, 0.4) is 0 Å². The van der Waals surface area contributed by atoms with E-state index in [0.717, 1.165) is 0 Å². The summed E-state index contributed by atoms with van der Waals surface area (Å²) in [6.07, 6.45) is 0.0339. The van der Waals surface area contributed by atoms with Crippen LogP contribution in [-0.4, -0.2) is 24.4 Å². The highest BCUT2D eigenvalue weighted by molar-refractivity contribution is 6.62. The van der Waals surface area contributed by atoms with Crippen LogP contribution in [0.1, 0.15) is 41.5 Å². The first-order valence-electron chi connectivity index (χ1n) is 6.94. The van der Waals surface area contributed by atoms with E-state index < -0.39 is 18.3 Å². The van der Waals surface area contributed by atoms with E-state index in [1.807, 2.05) is 41.5 Å². The highest BCUT2D eigenvalue weighted by atomic mass is 19.1. The second-order valence-electron chi connectivity index (χ2n) is 6.44. The van der Waals surface area contributed by atoms with E-state index in [2.05, 4.69) is 0 Å². The van der Waals surface area contributed by atoms with Crippen molar-refractivity contribution in [3.8, 4) is 5.75 Å². The van der Waals surface area contributed by atoms with E-state index in [0.29, 0.717) is 11.2 Å². The molecule has 0 unspecified atom stereocenters. The molecule has 0 aliphatic carbocycles. The Balaban J connectivity index is 2.30. The van der Waals surface area contributed by atoms with Gasteiger partial charge in [0.15, 0.2) is 0 Å². The molecule has 1 aliphatic heterocycles. The topological polar surface area (TPSA) is 27.7 Å². The minimum atomic E-state index is -0.712. The minimum absolute atomic E-state index is 0.0339. The zero-order valence-electron chi connectivity index (χ0n) is 13.0. The molecule has 20 heavy (non-hydrogen) atoms. The summed E-state index contributed by atoms with van der Waals surface area (Å²) in [5.74, 6) is 0.269. The predicted octanol–water partition coefficient (Wildman–Crippen LogP) is 2.91. The summed E-state index contributed by atoms with van der Waals surface area (Å²) in [5, 5.41) is 0. The van der Waals surface area contributed by atoms with Crippen molar-refractivity contribution in [1.29, 1.82) is 0 Å². The van der Waals surface area contributed by atoms with Gasteiger partial charge in [-0.3, -0.25) is 0 Å². The molecule has 2 rings (SSSR count). The van der Waals surface area contributed by atoms with Crippen LogP contribution in [0.25, 0.3) is 0 Å². The Kier molecular flexibility index (Phi) is 3.86. The molecule has 1 aliphatic rings. The lowest BCUT2D eigenvalue weighted by molar-refractivity contribution is 0.00578. The Bertz CT molecular complexity index is 484. The number of benzene rings is 1. The largest absolute Gasteiger partial charge is 0.497 e. The van der Waals surface area contributed by atoms with Crippen molar-refractivity contribution in [2.45, 2.75) is 58.8 Å². The van der Waals surface area contributed by atoms with Crippen LogP contribution in [0.15, 0.2) is 18.2 Å². The van der Waals surface area contributed by atoms with Gasteiger partial charge < -0.3 is 14.0 Å². The first-order valence-corrected chi connectivity index (χ1v) is 6.94. The van der Waals surface area contributed by atoms with Gasteiger partial charge in [-0.05, 0) is 59.7 Å². The SMILES string of the molecule is CC(C)Oc1ccc(F)c(B2OC(C)(C)C(C)(C)O2)c1. The van der Waals surface area contributed by atoms with Gasteiger partial charge in [-0.2, -0.15) is 0 Å². The molecular formula is C15H22BFO3. The van der Waals surface area contributed by atoms with Crippen molar-refractivity contribution >= 4 is 12.6 Å². The van der Waals surface area contributed by atoms with Crippen LogP contribution in [0.4, 0.5) is 4.39 Å². The predicted molar refractivity (Wildman–Crippen MR) is 77.9 cm³/mol. The molecule has 1 saturated heterocycles. The molecule has 110 valence electrons. The van der Waals surface area contributed by atoms with Crippen molar-refractivity contribution in [3.63, 3.8) is 0 Å². The highest BCUT2D eigenvalue weighted by Gasteiger charge is 2.52. The van der Waals surface area contributed by atoms with Gasteiger partial charge >= 0.3 is 7.12 Å². The molecule has 5 heteroatoms. The summed E-state index contributed by atoms with van der Waals surface area (Å²) in [4.78, 5) is 0. The van der Waals surface area contributed by atoms with Crippen molar-refractivity contribution in [2.24, 2.45) is 0 Å². The van der Waals surface area contributed by atoms with E-state index in [9.17, 15) is 4.39 Å². The third kappa shape index (κ3) is 2.84. The minimum Gasteiger partial charge on any atom is -0.491 e. The smallest absolute Gasteiger partial charge is 0.491 e. The van der Waals surface area contributed by atoms with Crippen LogP contribution in [0, 0.1) is 5.82 Å². The van der Waals surface area contributed by atoms with Gasteiger partial charge in [-0.15, -0.1) is 0 Å². The Morgan fingerprint density at radius 3 is 2.15 bits per heavy atom. The molecule has 1 heterocycles. The quantitative estimate of drug-likeness (QED) is 0.797. The third-order valence-corrected chi connectivity index (χ3v) is 3.85. The molecule has 0 N–H and O–H groups in total. The second-order valence-corrected chi connectivity index (χ2v) is 6.44.